The minimum Gasteiger partial charge on any atom is -0.465 e. The topological polar surface area (TPSA) is 60.8 Å². The van der Waals surface area contributed by atoms with E-state index >= 15 is 0 Å². The maximum Gasteiger partial charge on any atom is 0.408 e. The molecule has 0 rings (SSSR count). The molecule has 1 amide bonds. The fourth-order valence-electron chi connectivity index (χ4n) is 1.63. The Morgan fingerprint density at radius 2 is 1.93 bits per heavy atom. The van der Waals surface area contributed by atoms with Gasteiger partial charge in [-0.3, -0.25) is 4.90 Å². The van der Waals surface area contributed by atoms with Crippen molar-refractivity contribution in [1.82, 2.24) is 4.90 Å². The first kappa shape index (κ1) is 14.0. The fraction of sp³-hybridized carbons (Fsp3) is 0.727. The first-order valence-electron chi connectivity index (χ1n) is 4.97. The van der Waals surface area contributed by atoms with Gasteiger partial charge in [-0.05, 0) is 34.1 Å². The highest BCUT2D eigenvalue weighted by molar-refractivity contribution is 5.66. The van der Waals surface area contributed by atoms with Gasteiger partial charge in [-0.1, -0.05) is 5.57 Å². The number of aliphatic hydroxyl groups excluding tert-OH is 1. The number of aliphatic hydroxyl groups is 1. The molecule has 0 heterocycles. The van der Waals surface area contributed by atoms with Crippen LogP contribution in [0.4, 0.5) is 4.79 Å². The Hall–Kier alpha value is -1.03. The number of carboxylic acid groups (broad SMARTS) is 1. The third-order valence-electron chi connectivity index (χ3n) is 2.09. The van der Waals surface area contributed by atoms with Crippen molar-refractivity contribution >= 4 is 6.09 Å². The minimum absolute atomic E-state index is 0.184. The monoisotopic (exact) mass is 215 g/mol. The molecule has 4 nitrogen and oxygen atoms in total. The quantitative estimate of drug-likeness (QED) is 0.706. The lowest BCUT2D eigenvalue weighted by Crippen LogP contribution is -2.52. The number of nitrogens with zero attached hydrogens (tertiary/aromatic N) is 1. The lowest BCUT2D eigenvalue weighted by Gasteiger charge is -2.39. The second-order valence-electron chi connectivity index (χ2n) is 4.82. The summed E-state index contributed by atoms with van der Waals surface area (Å²) in [4.78, 5) is 12.4. The van der Waals surface area contributed by atoms with Gasteiger partial charge in [0.15, 0.2) is 0 Å². The largest absolute Gasteiger partial charge is 0.465 e. The summed E-state index contributed by atoms with van der Waals surface area (Å²) in [6.07, 6.45) is -0.525. The van der Waals surface area contributed by atoms with Crippen LogP contribution in [0.3, 0.4) is 0 Å². The summed E-state index contributed by atoms with van der Waals surface area (Å²) < 4.78 is 0. The molecule has 0 saturated heterocycles. The average Bonchev–Trinajstić information content (AvgIpc) is 1.98. The van der Waals surface area contributed by atoms with E-state index in [1.807, 2.05) is 27.7 Å². The van der Waals surface area contributed by atoms with Gasteiger partial charge in [0.1, 0.15) is 0 Å². The average molecular weight is 215 g/mol. The third-order valence-corrected chi connectivity index (χ3v) is 2.09. The van der Waals surface area contributed by atoms with Crippen molar-refractivity contribution in [1.29, 1.82) is 0 Å². The standard InChI is InChI=1S/C11H21NO3/c1-8(2)6-9(7-13)12(10(14)15)11(3,4)5/h9,13H,1,6-7H2,2-5H3,(H,14,15). The van der Waals surface area contributed by atoms with Crippen LogP contribution < -0.4 is 0 Å². The molecule has 0 aliphatic heterocycles. The zero-order valence-corrected chi connectivity index (χ0v) is 9.95. The summed E-state index contributed by atoms with van der Waals surface area (Å²) in [5.41, 5.74) is 0.346. The summed E-state index contributed by atoms with van der Waals surface area (Å²) in [5, 5.41) is 18.3. The Balaban J connectivity index is 4.87. The Morgan fingerprint density at radius 1 is 1.47 bits per heavy atom. The van der Waals surface area contributed by atoms with Crippen LogP contribution in [0.1, 0.15) is 34.1 Å². The second-order valence-corrected chi connectivity index (χ2v) is 4.82. The summed E-state index contributed by atoms with van der Waals surface area (Å²) in [7, 11) is 0. The van der Waals surface area contributed by atoms with E-state index in [9.17, 15) is 9.90 Å². The minimum atomic E-state index is -1.01. The Bertz CT molecular complexity index is 243. The summed E-state index contributed by atoms with van der Waals surface area (Å²) in [5.74, 6) is 0. The number of carbonyl (C=O) groups is 1. The van der Waals surface area contributed by atoms with Gasteiger partial charge < -0.3 is 10.2 Å². The van der Waals surface area contributed by atoms with Crippen LogP contribution in [-0.2, 0) is 0 Å². The fourth-order valence-corrected chi connectivity index (χ4v) is 1.63. The van der Waals surface area contributed by atoms with Crippen LogP contribution >= 0.6 is 0 Å². The van der Waals surface area contributed by atoms with Crippen molar-refractivity contribution in [2.24, 2.45) is 0 Å². The number of hydrogen-bond donors (Lipinski definition) is 2. The third kappa shape index (κ3) is 4.34. The van der Waals surface area contributed by atoms with E-state index in [-0.39, 0.29) is 6.61 Å². The second kappa shape index (κ2) is 5.16. The molecule has 0 aromatic heterocycles. The van der Waals surface area contributed by atoms with E-state index in [2.05, 4.69) is 6.58 Å². The van der Waals surface area contributed by atoms with Crippen molar-refractivity contribution in [3.8, 4) is 0 Å². The van der Waals surface area contributed by atoms with Gasteiger partial charge >= 0.3 is 6.09 Å². The molecule has 2 N–H and O–H groups in total. The summed E-state index contributed by atoms with van der Waals surface area (Å²) >= 11 is 0. The maximum atomic E-state index is 11.1. The Kier molecular flexibility index (Phi) is 4.81. The highest BCUT2D eigenvalue weighted by Crippen LogP contribution is 2.20. The van der Waals surface area contributed by atoms with Crippen LogP contribution in [0.25, 0.3) is 0 Å². The van der Waals surface area contributed by atoms with Crippen molar-refractivity contribution < 1.29 is 15.0 Å². The van der Waals surface area contributed by atoms with Crippen LogP contribution in [0.2, 0.25) is 0 Å². The molecule has 15 heavy (non-hydrogen) atoms. The molecule has 88 valence electrons. The first-order valence-corrected chi connectivity index (χ1v) is 4.97. The molecule has 0 aliphatic rings. The molecule has 1 unspecified atom stereocenters. The Labute approximate surface area is 91.2 Å². The zero-order chi connectivity index (χ0) is 12.2. The number of rotatable bonds is 4. The van der Waals surface area contributed by atoms with Gasteiger partial charge in [0.05, 0.1) is 12.6 Å². The van der Waals surface area contributed by atoms with Crippen molar-refractivity contribution in [3.05, 3.63) is 12.2 Å². The number of amides is 1. The lowest BCUT2D eigenvalue weighted by atomic mass is 10.00. The highest BCUT2D eigenvalue weighted by Gasteiger charge is 2.32. The molecule has 0 radical (unpaired) electrons. The molecular weight excluding hydrogens is 194 g/mol. The summed E-state index contributed by atoms with van der Waals surface area (Å²) in [6.45, 7) is 10.8. The van der Waals surface area contributed by atoms with E-state index in [4.69, 9.17) is 5.11 Å². The molecule has 0 saturated carbocycles. The van der Waals surface area contributed by atoms with Gasteiger partial charge in [-0.25, -0.2) is 4.79 Å². The number of hydrogen-bond acceptors (Lipinski definition) is 2. The van der Waals surface area contributed by atoms with Crippen LogP contribution in [0.15, 0.2) is 12.2 Å². The first-order chi connectivity index (χ1) is 6.70. The lowest BCUT2D eigenvalue weighted by molar-refractivity contribution is 0.0466. The van der Waals surface area contributed by atoms with Gasteiger partial charge in [-0.15, -0.1) is 6.58 Å². The molecule has 0 spiro atoms. The normalized spacial score (nSPS) is 13.4. The van der Waals surface area contributed by atoms with Gasteiger partial charge in [0.25, 0.3) is 0 Å². The molecule has 0 fully saturated rings. The molecular formula is C11H21NO3. The summed E-state index contributed by atoms with van der Waals surface area (Å²) in [6, 6.07) is -0.417. The van der Waals surface area contributed by atoms with E-state index in [1.165, 1.54) is 4.90 Å². The van der Waals surface area contributed by atoms with Gasteiger partial charge in [0.2, 0.25) is 0 Å². The van der Waals surface area contributed by atoms with E-state index in [0.29, 0.717) is 6.42 Å². The van der Waals surface area contributed by atoms with E-state index in [0.717, 1.165) is 5.57 Å². The predicted octanol–water partition coefficient (Wildman–Crippen LogP) is 2.09. The molecule has 0 aliphatic carbocycles. The molecule has 4 heteroatoms. The smallest absolute Gasteiger partial charge is 0.408 e. The molecule has 0 aromatic carbocycles. The maximum absolute atomic E-state index is 11.1. The van der Waals surface area contributed by atoms with Crippen LogP contribution in [0.5, 0.6) is 0 Å². The van der Waals surface area contributed by atoms with Crippen LogP contribution in [-0.4, -0.2) is 39.4 Å². The van der Waals surface area contributed by atoms with Gasteiger partial charge in [-0.2, -0.15) is 0 Å². The van der Waals surface area contributed by atoms with E-state index in [1.54, 1.807) is 0 Å². The van der Waals surface area contributed by atoms with Crippen LogP contribution in [0, 0.1) is 0 Å². The zero-order valence-electron chi connectivity index (χ0n) is 9.95. The van der Waals surface area contributed by atoms with Crippen molar-refractivity contribution in [2.75, 3.05) is 6.61 Å². The predicted molar refractivity (Wildman–Crippen MR) is 59.9 cm³/mol. The Morgan fingerprint density at radius 3 is 2.13 bits per heavy atom. The SMILES string of the molecule is C=C(C)CC(CO)N(C(=O)O)C(C)(C)C. The molecule has 1 atom stereocenters. The van der Waals surface area contributed by atoms with E-state index < -0.39 is 17.7 Å². The molecule has 0 aromatic rings. The molecule has 0 bridgehead atoms. The highest BCUT2D eigenvalue weighted by atomic mass is 16.4. The van der Waals surface area contributed by atoms with Crippen molar-refractivity contribution in [2.45, 2.75) is 45.7 Å². The van der Waals surface area contributed by atoms with Crippen molar-refractivity contribution in [3.63, 3.8) is 0 Å². The van der Waals surface area contributed by atoms with Gasteiger partial charge in [0, 0.05) is 5.54 Å².